The van der Waals surface area contributed by atoms with Gasteiger partial charge in [0, 0.05) is 6.42 Å². The van der Waals surface area contributed by atoms with Crippen molar-refractivity contribution in [3.05, 3.63) is 29.8 Å². The van der Waals surface area contributed by atoms with E-state index in [4.69, 9.17) is 4.74 Å². The molecule has 1 atom stereocenters. The zero-order valence-corrected chi connectivity index (χ0v) is 10.2. The molecule has 0 radical (unpaired) electrons. The first-order valence-electron chi connectivity index (χ1n) is 6.10. The average Bonchev–Trinajstić information content (AvgIpc) is 2.90. The third-order valence-corrected chi connectivity index (χ3v) is 3.29. The van der Waals surface area contributed by atoms with Gasteiger partial charge in [0.1, 0.15) is 11.8 Å². The van der Waals surface area contributed by atoms with Crippen molar-refractivity contribution in [1.29, 1.82) is 5.26 Å². The normalized spacial score (nSPS) is 17.6. The quantitative estimate of drug-likeness (QED) is 0.795. The largest absolute Gasteiger partial charge is 0.497 e. The molecule has 1 aromatic carbocycles. The number of ether oxygens (including phenoxy) is 1. The summed E-state index contributed by atoms with van der Waals surface area (Å²) in [7, 11) is 1.67. The number of hydrogen-bond donors (Lipinski definition) is 0. The van der Waals surface area contributed by atoms with Crippen LogP contribution < -0.4 is 4.74 Å². The highest BCUT2D eigenvalue weighted by Gasteiger charge is 2.21. The number of hydrogen-bond acceptors (Lipinski definition) is 3. The molecule has 1 aliphatic heterocycles. The van der Waals surface area contributed by atoms with Crippen LogP contribution in [-0.2, 0) is 6.42 Å². The lowest BCUT2D eigenvalue weighted by molar-refractivity contribution is 0.288. The highest BCUT2D eigenvalue weighted by molar-refractivity contribution is 5.29. The van der Waals surface area contributed by atoms with Gasteiger partial charge in [-0.3, -0.25) is 4.90 Å². The summed E-state index contributed by atoms with van der Waals surface area (Å²) in [4.78, 5) is 2.28. The van der Waals surface area contributed by atoms with Crippen molar-refractivity contribution < 1.29 is 4.74 Å². The maximum Gasteiger partial charge on any atom is 0.119 e. The van der Waals surface area contributed by atoms with Crippen molar-refractivity contribution in [2.24, 2.45) is 0 Å². The third-order valence-electron chi connectivity index (χ3n) is 3.29. The first kappa shape index (κ1) is 11.9. The fraction of sp³-hybridized carbons (Fsp3) is 0.500. The molecule has 1 fully saturated rings. The Bertz CT molecular complexity index is 405. The second-order valence-corrected chi connectivity index (χ2v) is 4.44. The third kappa shape index (κ3) is 2.98. The lowest BCUT2D eigenvalue weighted by Crippen LogP contribution is -2.33. The Morgan fingerprint density at radius 2 is 2.18 bits per heavy atom. The molecule has 1 unspecified atom stereocenters. The molecule has 0 saturated carbocycles. The number of rotatable bonds is 4. The summed E-state index contributed by atoms with van der Waals surface area (Å²) >= 11 is 0. The van der Waals surface area contributed by atoms with Crippen LogP contribution in [0.25, 0.3) is 0 Å². The summed E-state index contributed by atoms with van der Waals surface area (Å²) in [5.41, 5.74) is 1.17. The van der Waals surface area contributed by atoms with E-state index in [0.29, 0.717) is 0 Å². The van der Waals surface area contributed by atoms with Crippen molar-refractivity contribution in [3.8, 4) is 11.8 Å². The van der Waals surface area contributed by atoms with Gasteiger partial charge in [0.25, 0.3) is 0 Å². The highest BCUT2D eigenvalue weighted by Crippen LogP contribution is 2.18. The van der Waals surface area contributed by atoms with Crippen LogP contribution in [0.15, 0.2) is 24.3 Å². The summed E-state index contributed by atoms with van der Waals surface area (Å²) in [6.07, 6.45) is 3.22. The van der Waals surface area contributed by atoms with Gasteiger partial charge in [-0.25, -0.2) is 0 Å². The molecule has 0 N–H and O–H groups in total. The highest BCUT2D eigenvalue weighted by atomic mass is 16.5. The van der Waals surface area contributed by atoms with E-state index in [1.165, 1.54) is 18.4 Å². The van der Waals surface area contributed by atoms with Crippen LogP contribution in [0.3, 0.4) is 0 Å². The number of nitriles is 1. The van der Waals surface area contributed by atoms with Gasteiger partial charge in [-0.1, -0.05) is 12.1 Å². The molecule has 0 bridgehead atoms. The van der Waals surface area contributed by atoms with Crippen LogP contribution in [0.5, 0.6) is 5.75 Å². The Morgan fingerprint density at radius 1 is 1.41 bits per heavy atom. The van der Waals surface area contributed by atoms with Crippen molar-refractivity contribution in [3.63, 3.8) is 0 Å². The first-order valence-corrected chi connectivity index (χ1v) is 6.10. The minimum atomic E-state index is 0.00426. The Balaban J connectivity index is 2.04. The first-order chi connectivity index (χ1) is 8.33. The molecular weight excluding hydrogens is 212 g/mol. The summed E-state index contributed by atoms with van der Waals surface area (Å²) in [5.74, 6) is 0.862. The van der Waals surface area contributed by atoms with Crippen molar-refractivity contribution in [2.45, 2.75) is 25.3 Å². The second-order valence-electron chi connectivity index (χ2n) is 4.44. The SMILES string of the molecule is COc1cccc(CC(C#N)N2CCCC2)c1. The minimum Gasteiger partial charge on any atom is -0.497 e. The number of likely N-dealkylation sites (tertiary alicyclic amines) is 1. The van der Waals surface area contributed by atoms with Gasteiger partial charge in [-0.2, -0.15) is 5.26 Å². The number of nitrogens with zero attached hydrogens (tertiary/aromatic N) is 2. The minimum absolute atomic E-state index is 0.00426. The van der Waals surface area contributed by atoms with E-state index in [0.717, 1.165) is 25.3 Å². The van der Waals surface area contributed by atoms with Gasteiger partial charge in [-0.15, -0.1) is 0 Å². The Morgan fingerprint density at radius 3 is 2.82 bits per heavy atom. The fourth-order valence-electron chi connectivity index (χ4n) is 2.33. The zero-order valence-electron chi connectivity index (χ0n) is 10.2. The van der Waals surface area contributed by atoms with E-state index >= 15 is 0 Å². The van der Waals surface area contributed by atoms with Crippen molar-refractivity contribution >= 4 is 0 Å². The second kappa shape index (κ2) is 5.70. The Hall–Kier alpha value is -1.53. The van der Waals surface area contributed by atoms with Crippen LogP contribution in [0.4, 0.5) is 0 Å². The lowest BCUT2D eigenvalue weighted by atomic mass is 10.1. The monoisotopic (exact) mass is 230 g/mol. The molecule has 2 rings (SSSR count). The standard InChI is InChI=1S/C14H18N2O/c1-17-14-6-4-5-12(10-14)9-13(11-15)16-7-2-3-8-16/h4-6,10,13H,2-3,7-9H2,1H3. The molecule has 1 aliphatic rings. The molecule has 90 valence electrons. The van der Waals surface area contributed by atoms with Gasteiger partial charge in [-0.05, 0) is 43.6 Å². The summed E-state index contributed by atoms with van der Waals surface area (Å²) in [5, 5.41) is 9.25. The zero-order chi connectivity index (χ0) is 12.1. The number of methoxy groups -OCH3 is 1. The van der Waals surface area contributed by atoms with Crippen LogP contribution in [-0.4, -0.2) is 31.1 Å². The fourth-order valence-corrected chi connectivity index (χ4v) is 2.33. The van der Waals surface area contributed by atoms with Gasteiger partial charge < -0.3 is 4.74 Å². The molecule has 1 heterocycles. The van der Waals surface area contributed by atoms with E-state index in [-0.39, 0.29) is 6.04 Å². The Labute approximate surface area is 103 Å². The van der Waals surface area contributed by atoms with Gasteiger partial charge in [0.2, 0.25) is 0 Å². The average molecular weight is 230 g/mol. The van der Waals surface area contributed by atoms with Crippen molar-refractivity contribution in [2.75, 3.05) is 20.2 Å². The molecule has 1 aromatic rings. The predicted molar refractivity (Wildman–Crippen MR) is 66.9 cm³/mol. The van der Waals surface area contributed by atoms with E-state index < -0.39 is 0 Å². The predicted octanol–water partition coefficient (Wildman–Crippen LogP) is 2.23. The van der Waals surface area contributed by atoms with E-state index in [1.807, 2.05) is 18.2 Å². The molecule has 0 aliphatic carbocycles. The van der Waals surface area contributed by atoms with Crippen LogP contribution >= 0.6 is 0 Å². The summed E-state index contributed by atoms with van der Waals surface area (Å²) in [6, 6.07) is 10.4. The van der Waals surface area contributed by atoms with E-state index in [2.05, 4.69) is 17.0 Å². The summed E-state index contributed by atoms with van der Waals surface area (Å²) in [6.45, 7) is 2.12. The Kier molecular flexibility index (Phi) is 4.00. The number of benzene rings is 1. The van der Waals surface area contributed by atoms with E-state index in [1.54, 1.807) is 7.11 Å². The van der Waals surface area contributed by atoms with Gasteiger partial charge >= 0.3 is 0 Å². The molecule has 1 saturated heterocycles. The molecule has 0 amide bonds. The van der Waals surface area contributed by atoms with Crippen LogP contribution in [0, 0.1) is 11.3 Å². The van der Waals surface area contributed by atoms with E-state index in [9.17, 15) is 5.26 Å². The van der Waals surface area contributed by atoms with Gasteiger partial charge in [0.05, 0.1) is 13.2 Å². The van der Waals surface area contributed by atoms with Gasteiger partial charge in [0.15, 0.2) is 0 Å². The summed E-state index contributed by atoms with van der Waals surface area (Å²) < 4.78 is 5.20. The maximum absolute atomic E-state index is 9.25. The van der Waals surface area contributed by atoms with Crippen molar-refractivity contribution in [1.82, 2.24) is 4.90 Å². The lowest BCUT2D eigenvalue weighted by Gasteiger charge is -2.21. The maximum atomic E-state index is 9.25. The van der Waals surface area contributed by atoms with Crippen LogP contribution in [0.2, 0.25) is 0 Å². The molecule has 3 heteroatoms. The molecule has 0 spiro atoms. The smallest absolute Gasteiger partial charge is 0.119 e. The molecular formula is C14H18N2O. The molecule has 17 heavy (non-hydrogen) atoms. The topological polar surface area (TPSA) is 36.3 Å². The van der Waals surface area contributed by atoms with Crippen LogP contribution in [0.1, 0.15) is 18.4 Å². The molecule has 3 nitrogen and oxygen atoms in total. The molecule has 0 aromatic heterocycles.